The Bertz CT molecular complexity index is 335. The van der Waals surface area contributed by atoms with E-state index < -0.39 is 0 Å². The Labute approximate surface area is 69.1 Å². The second-order valence-corrected chi connectivity index (χ2v) is 3.26. The Morgan fingerprint density at radius 3 is 3.09 bits per heavy atom. The van der Waals surface area contributed by atoms with Gasteiger partial charge >= 0.3 is 0 Å². The zero-order valence-electron chi connectivity index (χ0n) is 6.11. The van der Waals surface area contributed by atoms with E-state index in [4.69, 9.17) is 0 Å². The zero-order chi connectivity index (χ0) is 7.68. The van der Waals surface area contributed by atoms with E-state index in [1.807, 2.05) is 29.3 Å². The molecule has 0 aliphatic heterocycles. The molecule has 0 spiro atoms. The molecular formula is C8H7N2S. The Morgan fingerprint density at radius 1 is 1.64 bits per heavy atom. The van der Waals surface area contributed by atoms with Crippen LogP contribution in [0.4, 0.5) is 0 Å². The van der Waals surface area contributed by atoms with Gasteiger partial charge in [0.25, 0.3) is 0 Å². The van der Waals surface area contributed by atoms with Gasteiger partial charge in [0.2, 0.25) is 0 Å². The summed E-state index contributed by atoms with van der Waals surface area (Å²) in [7, 11) is 1.92. The number of thiophene rings is 1. The number of imidazole rings is 1. The monoisotopic (exact) mass is 163 g/mol. The van der Waals surface area contributed by atoms with Gasteiger partial charge in [0.15, 0.2) is 6.33 Å². The van der Waals surface area contributed by atoms with Gasteiger partial charge in [-0.15, -0.1) is 11.3 Å². The fourth-order valence-electron chi connectivity index (χ4n) is 0.917. The van der Waals surface area contributed by atoms with Crippen LogP contribution in [0.3, 0.4) is 0 Å². The summed E-state index contributed by atoms with van der Waals surface area (Å²) >= 11 is 1.69. The highest BCUT2D eigenvalue weighted by molar-refractivity contribution is 7.13. The van der Waals surface area contributed by atoms with Crippen LogP contribution in [0.15, 0.2) is 23.7 Å². The van der Waals surface area contributed by atoms with Crippen LogP contribution in [0, 0.1) is 6.33 Å². The summed E-state index contributed by atoms with van der Waals surface area (Å²) in [6, 6.07) is 4.08. The molecule has 2 aromatic rings. The quantitative estimate of drug-likeness (QED) is 0.628. The fourth-order valence-corrected chi connectivity index (χ4v) is 1.60. The van der Waals surface area contributed by atoms with Crippen LogP contribution in [0.1, 0.15) is 0 Å². The molecule has 0 fully saturated rings. The highest BCUT2D eigenvalue weighted by atomic mass is 32.1. The maximum absolute atomic E-state index is 4.11. The van der Waals surface area contributed by atoms with E-state index in [0.717, 1.165) is 5.69 Å². The lowest BCUT2D eigenvalue weighted by Gasteiger charge is -1.85. The molecule has 0 unspecified atom stereocenters. The second kappa shape index (κ2) is 2.51. The van der Waals surface area contributed by atoms with Gasteiger partial charge < -0.3 is 4.57 Å². The number of hydrogen-bond acceptors (Lipinski definition) is 2. The molecule has 11 heavy (non-hydrogen) atoms. The van der Waals surface area contributed by atoms with Crippen molar-refractivity contribution < 1.29 is 0 Å². The molecular weight excluding hydrogens is 156 g/mol. The van der Waals surface area contributed by atoms with E-state index in [1.54, 1.807) is 11.3 Å². The molecule has 3 heteroatoms. The van der Waals surface area contributed by atoms with E-state index in [9.17, 15) is 0 Å². The third kappa shape index (κ3) is 1.19. The lowest BCUT2D eigenvalue weighted by Crippen LogP contribution is -1.77. The number of nitrogens with zero attached hydrogens (tertiary/aromatic N) is 2. The maximum Gasteiger partial charge on any atom is 0.176 e. The van der Waals surface area contributed by atoms with E-state index in [2.05, 4.69) is 17.4 Å². The minimum atomic E-state index is 1.00. The van der Waals surface area contributed by atoms with Crippen molar-refractivity contribution in [3.63, 3.8) is 0 Å². The predicted molar refractivity (Wildman–Crippen MR) is 45.4 cm³/mol. The van der Waals surface area contributed by atoms with Crippen LogP contribution in [-0.4, -0.2) is 9.55 Å². The first-order valence-electron chi connectivity index (χ1n) is 3.31. The van der Waals surface area contributed by atoms with Gasteiger partial charge in [0.1, 0.15) is 0 Å². The molecule has 1 radical (unpaired) electrons. The van der Waals surface area contributed by atoms with Crippen molar-refractivity contribution in [2.24, 2.45) is 7.05 Å². The minimum absolute atomic E-state index is 1.00. The van der Waals surface area contributed by atoms with Crippen LogP contribution in [0.2, 0.25) is 0 Å². The summed E-state index contributed by atoms with van der Waals surface area (Å²) in [5, 5.41) is 2.05. The lowest BCUT2D eigenvalue weighted by molar-refractivity contribution is 0.903. The van der Waals surface area contributed by atoms with Gasteiger partial charge in [-0.1, -0.05) is 6.07 Å². The number of rotatable bonds is 1. The van der Waals surface area contributed by atoms with Crippen LogP contribution < -0.4 is 0 Å². The molecule has 0 aliphatic carbocycles. The molecule has 55 valence electrons. The van der Waals surface area contributed by atoms with E-state index in [0.29, 0.717) is 0 Å². The van der Waals surface area contributed by atoms with Crippen LogP contribution >= 0.6 is 11.3 Å². The minimum Gasteiger partial charge on any atom is -0.331 e. The maximum atomic E-state index is 4.11. The van der Waals surface area contributed by atoms with Crippen molar-refractivity contribution in [2.75, 3.05) is 0 Å². The zero-order valence-corrected chi connectivity index (χ0v) is 6.93. The third-order valence-corrected chi connectivity index (χ3v) is 2.31. The van der Waals surface area contributed by atoms with Gasteiger partial charge in [-0.3, -0.25) is 0 Å². The van der Waals surface area contributed by atoms with Crippen molar-refractivity contribution >= 4 is 11.3 Å². The van der Waals surface area contributed by atoms with Crippen molar-refractivity contribution in [3.8, 4) is 10.6 Å². The Hall–Kier alpha value is -1.09. The Kier molecular flexibility index (Phi) is 1.51. The van der Waals surface area contributed by atoms with E-state index >= 15 is 0 Å². The molecule has 0 bridgehead atoms. The lowest BCUT2D eigenvalue weighted by atomic mass is 10.4. The molecule has 0 atom stereocenters. The molecule has 0 saturated heterocycles. The highest BCUT2D eigenvalue weighted by Crippen LogP contribution is 2.21. The summed E-state index contributed by atoms with van der Waals surface area (Å²) in [4.78, 5) is 5.30. The number of aryl methyl sites for hydroxylation is 1. The summed E-state index contributed by atoms with van der Waals surface area (Å²) in [6.07, 6.45) is 4.79. The highest BCUT2D eigenvalue weighted by Gasteiger charge is 2.00. The number of aromatic nitrogens is 2. The summed E-state index contributed by atoms with van der Waals surface area (Å²) in [5.41, 5.74) is 1.00. The first kappa shape index (κ1) is 6.61. The molecule has 2 aromatic heterocycles. The summed E-state index contributed by atoms with van der Waals surface area (Å²) in [5.74, 6) is 0. The molecule has 0 N–H and O–H groups in total. The van der Waals surface area contributed by atoms with Crippen molar-refractivity contribution in [2.45, 2.75) is 0 Å². The first-order valence-corrected chi connectivity index (χ1v) is 4.19. The molecule has 0 aliphatic rings. The van der Waals surface area contributed by atoms with Gasteiger partial charge in [-0.25, -0.2) is 4.98 Å². The first-order chi connectivity index (χ1) is 5.36. The number of hydrogen-bond donors (Lipinski definition) is 0. The third-order valence-electron chi connectivity index (χ3n) is 1.42. The smallest absolute Gasteiger partial charge is 0.176 e. The molecule has 0 saturated carbocycles. The second-order valence-electron chi connectivity index (χ2n) is 2.31. The predicted octanol–water partition coefficient (Wildman–Crippen LogP) is 1.95. The normalized spacial score (nSPS) is 10.3. The van der Waals surface area contributed by atoms with Crippen LogP contribution in [0.5, 0.6) is 0 Å². The van der Waals surface area contributed by atoms with Crippen LogP contribution in [0.25, 0.3) is 10.6 Å². The molecule has 2 heterocycles. The standard InChI is InChI=1S/C8H7N2S/c1-10-5-7(9-6-10)8-3-2-4-11-8/h2-5H,1H3. The topological polar surface area (TPSA) is 17.8 Å². The average Bonchev–Trinajstić information content (AvgIpc) is 2.55. The average molecular weight is 163 g/mol. The van der Waals surface area contributed by atoms with Crippen molar-refractivity contribution in [1.29, 1.82) is 0 Å². The van der Waals surface area contributed by atoms with Gasteiger partial charge in [0, 0.05) is 13.2 Å². The van der Waals surface area contributed by atoms with Crippen LogP contribution in [-0.2, 0) is 7.05 Å². The largest absolute Gasteiger partial charge is 0.331 e. The van der Waals surface area contributed by atoms with Crippen molar-refractivity contribution in [3.05, 3.63) is 30.0 Å². The fraction of sp³-hybridized carbons (Fsp3) is 0.125. The molecule has 2 rings (SSSR count). The summed E-state index contributed by atoms with van der Waals surface area (Å²) in [6.45, 7) is 0. The Balaban J connectivity index is 2.45. The summed E-state index contributed by atoms with van der Waals surface area (Å²) < 4.78 is 1.83. The van der Waals surface area contributed by atoms with E-state index in [-0.39, 0.29) is 0 Å². The SMILES string of the molecule is Cn1[c]nc(-c2cccs2)c1. The van der Waals surface area contributed by atoms with Crippen molar-refractivity contribution in [1.82, 2.24) is 9.55 Å². The van der Waals surface area contributed by atoms with Gasteiger partial charge in [-0.05, 0) is 11.4 Å². The molecule has 0 aromatic carbocycles. The molecule has 0 amide bonds. The Morgan fingerprint density at radius 2 is 2.55 bits per heavy atom. The van der Waals surface area contributed by atoms with Gasteiger partial charge in [-0.2, -0.15) is 0 Å². The van der Waals surface area contributed by atoms with E-state index in [1.165, 1.54) is 4.88 Å². The van der Waals surface area contributed by atoms with Gasteiger partial charge in [0.05, 0.1) is 10.6 Å². The molecule has 2 nitrogen and oxygen atoms in total.